The van der Waals surface area contributed by atoms with Crippen molar-refractivity contribution in [1.82, 2.24) is 9.88 Å². The van der Waals surface area contributed by atoms with Crippen molar-refractivity contribution in [3.8, 4) is 0 Å². The molecule has 1 saturated carbocycles. The Morgan fingerprint density at radius 1 is 1.57 bits per heavy atom. The second-order valence-corrected chi connectivity index (χ2v) is 7.14. The Morgan fingerprint density at radius 3 is 3.00 bits per heavy atom. The summed E-state index contributed by atoms with van der Waals surface area (Å²) in [6, 6.07) is 0.505. The number of hydrogen-bond acceptors (Lipinski definition) is 6. The first-order valence-electron chi connectivity index (χ1n) is 7.38. The maximum absolute atomic E-state index is 12.7. The lowest BCUT2D eigenvalue weighted by Crippen LogP contribution is -2.49. The average Bonchev–Trinajstić information content (AvgIpc) is 3.20. The molecule has 0 radical (unpaired) electrons. The van der Waals surface area contributed by atoms with Gasteiger partial charge in [0.15, 0.2) is 5.13 Å². The molecule has 3 N–H and O–H groups in total. The van der Waals surface area contributed by atoms with Gasteiger partial charge in [-0.2, -0.15) is 0 Å². The molecule has 0 aromatic carbocycles. The van der Waals surface area contributed by atoms with E-state index in [0.717, 1.165) is 24.5 Å². The van der Waals surface area contributed by atoms with Gasteiger partial charge in [-0.1, -0.05) is 11.3 Å². The third kappa shape index (κ3) is 3.13. The van der Waals surface area contributed by atoms with E-state index in [9.17, 15) is 4.79 Å². The smallest absolute Gasteiger partial charge is 0.267 e. The fourth-order valence-corrected chi connectivity index (χ4v) is 3.57. The van der Waals surface area contributed by atoms with Gasteiger partial charge < -0.3 is 20.7 Å². The van der Waals surface area contributed by atoms with Crippen LogP contribution in [0.4, 0.5) is 10.9 Å². The first kappa shape index (κ1) is 14.6. The van der Waals surface area contributed by atoms with E-state index in [-0.39, 0.29) is 11.5 Å². The Kier molecular flexibility index (Phi) is 3.79. The second kappa shape index (κ2) is 5.46. The number of likely N-dealkylation sites (tertiary alicyclic amines) is 1. The minimum absolute atomic E-state index is 0.0307. The minimum Gasteiger partial charge on any atom is -0.382 e. The molecule has 21 heavy (non-hydrogen) atoms. The van der Waals surface area contributed by atoms with Crippen LogP contribution in [-0.2, 0) is 4.74 Å². The van der Waals surface area contributed by atoms with Crippen molar-refractivity contribution >= 4 is 28.2 Å². The summed E-state index contributed by atoms with van der Waals surface area (Å²) < 4.78 is 5.54. The van der Waals surface area contributed by atoms with E-state index >= 15 is 0 Å². The number of ether oxygens (including phenoxy) is 1. The van der Waals surface area contributed by atoms with E-state index in [1.165, 1.54) is 24.2 Å². The number of piperidine rings is 1. The number of anilines is 2. The van der Waals surface area contributed by atoms with Gasteiger partial charge in [0.25, 0.3) is 5.91 Å². The molecule has 1 amide bonds. The van der Waals surface area contributed by atoms with Gasteiger partial charge in [0, 0.05) is 26.2 Å². The number of thiazole rings is 1. The van der Waals surface area contributed by atoms with E-state index in [0.29, 0.717) is 23.3 Å². The zero-order valence-electron chi connectivity index (χ0n) is 12.5. The van der Waals surface area contributed by atoms with Crippen molar-refractivity contribution in [3.05, 3.63) is 4.88 Å². The molecule has 0 bridgehead atoms. The minimum atomic E-state index is -0.261. The lowest BCUT2D eigenvalue weighted by atomic mass is 9.94. The van der Waals surface area contributed by atoms with E-state index in [1.54, 1.807) is 7.11 Å². The lowest BCUT2D eigenvalue weighted by molar-refractivity contribution is -0.0438. The number of carbonyl (C=O) groups excluding carboxylic acids is 1. The molecule has 1 aliphatic carbocycles. The van der Waals surface area contributed by atoms with E-state index in [1.807, 2.05) is 11.8 Å². The maximum atomic E-state index is 12.7. The molecule has 2 aliphatic rings. The van der Waals surface area contributed by atoms with Crippen LogP contribution in [0.1, 0.15) is 42.3 Å². The van der Waals surface area contributed by atoms with Crippen molar-refractivity contribution in [3.63, 3.8) is 0 Å². The van der Waals surface area contributed by atoms with Crippen LogP contribution in [0, 0.1) is 0 Å². The van der Waals surface area contributed by atoms with Crippen LogP contribution in [-0.4, -0.2) is 47.6 Å². The van der Waals surface area contributed by atoms with Crippen molar-refractivity contribution in [2.45, 2.75) is 44.2 Å². The van der Waals surface area contributed by atoms with Crippen molar-refractivity contribution in [1.29, 1.82) is 0 Å². The number of aromatic nitrogens is 1. The molecule has 6 nitrogen and oxygen atoms in total. The average molecular weight is 310 g/mol. The molecule has 1 aromatic rings. The monoisotopic (exact) mass is 310 g/mol. The van der Waals surface area contributed by atoms with Gasteiger partial charge in [-0.15, -0.1) is 0 Å². The largest absolute Gasteiger partial charge is 0.382 e. The highest BCUT2D eigenvalue weighted by Gasteiger charge is 2.35. The fraction of sp³-hybridized carbons (Fsp3) is 0.714. The Hall–Kier alpha value is -1.34. The summed E-state index contributed by atoms with van der Waals surface area (Å²) in [6.07, 6.45) is 4.25. The predicted octanol–water partition coefficient (Wildman–Crippen LogP) is 1.94. The van der Waals surface area contributed by atoms with E-state index in [4.69, 9.17) is 10.5 Å². The van der Waals surface area contributed by atoms with Gasteiger partial charge in [-0.05, 0) is 32.6 Å². The highest BCUT2D eigenvalue weighted by atomic mass is 32.1. The molecular weight excluding hydrogens is 288 g/mol. The van der Waals surface area contributed by atoms with E-state index in [2.05, 4.69) is 10.3 Å². The molecule has 0 spiro atoms. The molecule has 1 unspecified atom stereocenters. The quantitative estimate of drug-likeness (QED) is 0.888. The van der Waals surface area contributed by atoms with Crippen LogP contribution in [0.15, 0.2) is 0 Å². The Morgan fingerprint density at radius 2 is 2.33 bits per heavy atom. The highest BCUT2D eigenvalue weighted by molar-refractivity contribution is 7.18. The van der Waals surface area contributed by atoms with Crippen molar-refractivity contribution in [2.75, 3.05) is 31.2 Å². The summed E-state index contributed by atoms with van der Waals surface area (Å²) in [5.74, 6) is 0.301. The topological polar surface area (TPSA) is 80.5 Å². The summed E-state index contributed by atoms with van der Waals surface area (Å²) >= 11 is 1.36. The maximum Gasteiger partial charge on any atom is 0.267 e. The fourth-order valence-electron chi connectivity index (χ4n) is 2.64. The zero-order chi connectivity index (χ0) is 15.0. The second-order valence-electron chi connectivity index (χ2n) is 6.14. The van der Waals surface area contributed by atoms with Gasteiger partial charge in [-0.25, -0.2) is 4.98 Å². The zero-order valence-corrected chi connectivity index (χ0v) is 13.3. The first-order valence-corrected chi connectivity index (χ1v) is 8.20. The van der Waals surface area contributed by atoms with Crippen molar-refractivity contribution in [2.24, 2.45) is 0 Å². The van der Waals surface area contributed by atoms with Gasteiger partial charge in [0.2, 0.25) is 0 Å². The Bertz CT molecular complexity index is 543. The molecule has 1 atom stereocenters. The summed E-state index contributed by atoms with van der Waals surface area (Å²) in [5.41, 5.74) is 5.66. The van der Waals surface area contributed by atoms with Gasteiger partial charge in [-0.3, -0.25) is 4.79 Å². The Labute approximate surface area is 128 Å². The first-order chi connectivity index (χ1) is 10.0. The number of nitrogen functional groups attached to an aromatic ring is 1. The number of nitrogens with one attached hydrogen (secondary N) is 1. The molecule has 2 heterocycles. The normalized spacial score (nSPS) is 25.9. The molecule has 2 fully saturated rings. The number of amides is 1. The van der Waals surface area contributed by atoms with Crippen molar-refractivity contribution < 1.29 is 9.53 Å². The Balaban J connectivity index is 1.73. The summed E-state index contributed by atoms with van der Waals surface area (Å²) in [4.78, 5) is 19.3. The number of nitrogens with two attached hydrogens (primary N) is 1. The standard InChI is InChI=1S/C14H22N4O2S/c1-14(20-2)6-3-7-18(8-14)12(19)10-11(15)17-13(21-10)16-9-4-5-9/h9H,3-8,15H2,1-2H3,(H,16,17). The third-order valence-electron chi connectivity index (χ3n) is 4.19. The number of methoxy groups -OCH3 is 1. The van der Waals surface area contributed by atoms with Gasteiger partial charge in [0.05, 0.1) is 5.60 Å². The van der Waals surface area contributed by atoms with Crippen LogP contribution >= 0.6 is 11.3 Å². The number of rotatable bonds is 4. The molecule has 1 saturated heterocycles. The lowest BCUT2D eigenvalue weighted by Gasteiger charge is -2.39. The molecule has 116 valence electrons. The molecule has 1 aromatic heterocycles. The molecule has 7 heteroatoms. The third-order valence-corrected chi connectivity index (χ3v) is 5.18. The summed E-state index contributed by atoms with van der Waals surface area (Å²) in [7, 11) is 1.70. The highest BCUT2D eigenvalue weighted by Crippen LogP contribution is 2.32. The van der Waals surface area contributed by atoms with Crippen LogP contribution in [0.5, 0.6) is 0 Å². The molecule has 3 rings (SSSR count). The van der Waals surface area contributed by atoms with Crippen LogP contribution < -0.4 is 11.1 Å². The summed E-state index contributed by atoms with van der Waals surface area (Å²) in [5, 5.41) is 4.05. The summed E-state index contributed by atoms with van der Waals surface area (Å²) in [6.45, 7) is 3.40. The van der Waals surface area contributed by atoms with E-state index < -0.39 is 0 Å². The molecule has 1 aliphatic heterocycles. The predicted molar refractivity (Wildman–Crippen MR) is 83.7 cm³/mol. The van der Waals surface area contributed by atoms with Crippen LogP contribution in [0.3, 0.4) is 0 Å². The van der Waals surface area contributed by atoms with Crippen LogP contribution in [0.2, 0.25) is 0 Å². The molecular formula is C14H22N4O2S. The number of nitrogens with zero attached hydrogens (tertiary/aromatic N) is 2. The SMILES string of the molecule is COC1(C)CCCN(C(=O)c2sc(NC3CC3)nc2N)C1. The number of carbonyl (C=O) groups is 1. The van der Waals surface area contributed by atoms with Crippen LogP contribution in [0.25, 0.3) is 0 Å². The van der Waals surface area contributed by atoms with Gasteiger partial charge in [0.1, 0.15) is 10.7 Å². The van der Waals surface area contributed by atoms with Gasteiger partial charge >= 0.3 is 0 Å². The number of hydrogen-bond donors (Lipinski definition) is 2.